The van der Waals surface area contributed by atoms with Crippen LogP contribution in [0.25, 0.3) is 0 Å². The molecule has 2 rings (SSSR count). The van der Waals surface area contributed by atoms with E-state index in [-0.39, 0.29) is 17.7 Å². The van der Waals surface area contributed by atoms with Crippen molar-refractivity contribution in [3.63, 3.8) is 0 Å². The second kappa shape index (κ2) is 7.77. The van der Waals surface area contributed by atoms with Crippen LogP contribution in [0, 0.1) is 11.8 Å². The van der Waals surface area contributed by atoms with E-state index in [0.29, 0.717) is 18.6 Å². The van der Waals surface area contributed by atoms with E-state index in [9.17, 15) is 14.4 Å². The first-order valence-corrected chi connectivity index (χ1v) is 7.82. The fraction of sp³-hybridized carbons (Fsp3) is 0.389. The normalized spacial score (nSPS) is 20.1. The lowest BCUT2D eigenvalue weighted by Crippen LogP contribution is -2.34. The molecule has 0 saturated heterocycles. The topological polar surface area (TPSA) is 81.7 Å². The highest BCUT2D eigenvalue weighted by Gasteiger charge is 2.35. The first-order chi connectivity index (χ1) is 11.5. The average molecular weight is 331 g/mol. The van der Waals surface area contributed by atoms with Gasteiger partial charge in [-0.25, -0.2) is 4.79 Å². The highest BCUT2D eigenvalue weighted by Crippen LogP contribution is 2.29. The van der Waals surface area contributed by atoms with Crippen LogP contribution in [0.4, 0.5) is 5.69 Å². The number of rotatable bonds is 5. The van der Waals surface area contributed by atoms with E-state index in [1.165, 1.54) is 13.2 Å². The molecule has 6 nitrogen and oxygen atoms in total. The lowest BCUT2D eigenvalue weighted by molar-refractivity contribution is -0.150. The highest BCUT2D eigenvalue weighted by atomic mass is 16.5. The van der Waals surface area contributed by atoms with Gasteiger partial charge in [0.15, 0.2) is 5.78 Å². The number of hydrogen-bond donors (Lipinski definition) is 1. The minimum absolute atomic E-state index is 0.142. The van der Waals surface area contributed by atoms with Gasteiger partial charge in [0, 0.05) is 17.5 Å². The molecule has 2 atom stereocenters. The number of nitrogens with one attached hydrogen (secondary N) is 1. The molecule has 1 aromatic carbocycles. The molecule has 1 aliphatic rings. The Kier molecular flexibility index (Phi) is 5.73. The van der Waals surface area contributed by atoms with Crippen LogP contribution in [0.3, 0.4) is 0 Å². The summed E-state index contributed by atoms with van der Waals surface area (Å²) in [6.45, 7) is 3.92. The Hall–Kier alpha value is -2.63. The van der Waals surface area contributed by atoms with E-state index in [0.717, 1.165) is 11.4 Å². The second-order valence-corrected chi connectivity index (χ2v) is 5.68. The third-order valence-corrected chi connectivity index (χ3v) is 3.89. The highest BCUT2D eigenvalue weighted by molar-refractivity contribution is 6.06. The summed E-state index contributed by atoms with van der Waals surface area (Å²) in [5.41, 5.74) is 1.96. The number of esters is 2. The van der Waals surface area contributed by atoms with Crippen LogP contribution < -0.4 is 5.32 Å². The molecule has 1 aliphatic carbocycles. The van der Waals surface area contributed by atoms with Crippen LogP contribution >= 0.6 is 0 Å². The minimum Gasteiger partial charge on any atom is -0.468 e. The number of carbonyl (C=O) groups is 3. The van der Waals surface area contributed by atoms with Gasteiger partial charge in [0.25, 0.3) is 0 Å². The number of ketones is 1. The van der Waals surface area contributed by atoms with E-state index in [4.69, 9.17) is 4.74 Å². The number of carbonyl (C=O) groups excluding carboxylic acids is 3. The smallest absolute Gasteiger partial charge is 0.338 e. The van der Waals surface area contributed by atoms with Crippen LogP contribution in [-0.2, 0) is 19.1 Å². The molecule has 1 aromatic rings. The monoisotopic (exact) mass is 331 g/mol. The largest absolute Gasteiger partial charge is 0.468 e. The van der Waals surface area contributed by atoms with Gasteiger partial charge >= 0.3 is 11.9 Å². The Balaban J connectivity index is 2.07. The lowest BCUT2D eigenvalue weighted by Gasteiger charge is -2.26. The molecule has 0 aromatic heterocycles. The zero-order valence-electron chi connectivity index (χ0n) is 14.0. The van der Waals surface area contributed by atoms with Gasteiger partial charge in [-0.3, -0.25) is 9.59 Å². The molecular formula is C18H21NO5. The number of anilines is 1. The van der Waals surface area contributed by atoms with Gasteiger partial charge < -0.3 is 14.8 Å². The quantitative estimate of drug-likeness (QED) is 0.659. The number of ether oxygens (including phenoxy) is 2. The van der Waals surface area contributed by atoms with Crippen molar-refractivity contribution in [3.05, 3.63) is 41.6 Å². The van der Waals surface area contributed by atoms with Crippen molar-refractivity contribution >= 4 is 23.4 Å². The van der Waals surface area contributed by atoms with Crippen LogP contribution in [0.15, 0.2) is 36.0 Å². The van der Waals surface area contributed by atoms with Gasteiger partial charge in [-0.05, 0) is 43.5 Å². The molecule has 0 radical (unpaired) electrons. The van der Waals surface area contributed by atoms with Gasteiger partial charge in [0.1, 0.15) is 5.92 Å². The lowest BCUT2D eigenvalue weighted by atomic mass is 9.82. The Bertz CT molecular complexity index is 662. The van der Waals surface area contributed by atoms with Crippen LogP contribution in [0.2, 0.25) is 0 Å². The summed E-state index contributed by atoms with van der Waals surface area (Å²) in [5, 5.41) is 3.15. The maximum absolute atomic E-state index is 12.1. The van der Waals surface area contributed by atoms with Gasteiger partial charge in [-0.1, -0.05) is 6.92 Å². The molecule has 0 saturated carbocycles. The summed E-state index contributed by atoms with van der Waals surface area (Å²) >= 11 is 0. The standard InChI is InChI=1S/C18H21NO5/c1-4-24-17(21)12-5-7-13(8-6-12)19-14-9-11(2)16(15(20)10-14)18(22)23-3/h5-8,10-11,16,19H,4,9H2,1-3H3/t11-,16+/m1/s1. The predicted octanol–water partition coefficient (Wildman–Crippen LogP) is 2.56. The molecule has 0 unspecified atom stereocenters. The van der Waals surface area contributed by atoms with Crippen molar-refractivity contribution in [2.24, 2.45) is 11.8 Å². The molecule has 24 heavy (non-hydrogen) atoms. The van der Waals surface area contributed by atoms with E-state index in [1.807, 2.05) is 6.92 Å². The summed E-state index contributed by atoms with van der Waals surface area (Å²) in [6.07, 6.45) is 2.01. The van der Waals surface area contributed by atoms with Crippen LogP contribution in [-0.4, -0.2) is 31.4 Å². The summed E-state index contributed by atoms with van der Waals surface area (Å²) in [5.74, 6) is -2.01. The molecular weight excluding hydrogens is 310 g/mol. The molecule has 0 amide bonds. The zero-order chi connectivity index (χ0) is 17.7. The van der Waals surface area contributed by atoms with Crippen LogP contribution in [0.5, 0.6) is 0 Å². The van der Waals surface area contributed by atoms with Gasteiger partial charge in [-0.2, -0.15) is 0 Å². The average Bonchev–Trinajstić information content (AvgIpc) is 2.55. The Morgan fingerprint density at radius 1 is 1.25 bits per heavy atom. The minimum atomic E-state index is -0.744. The molecule has 0 bridgehead atoms. The van der Waals surface area contributed by atoms with Gasteiger partial charge in [0.2, 0.25) is 0 Å². The fourth-order valence-corrected chi connectivity index (χ4v) is 2.72. The van der Waals surface area contributed by atoms with Crippen molar-refractivity contribution in [1.29, 1.82) is 0 Å². The number of allylic oxidation sites excluding steroid dienone is 2. The molecule has 0 spiro atoms. The van der Waals surface area contributed by atoms with E-state index < -0.39 is 11.9 Å². The number of benzene rings is 1. The first kappa shape index (κ1) is 17.7. The SMILES string of the molecule is CCOC(=O)c1ccc(NC2=CC(=O)[C@@H](C(=O)OC)[C@H](C)C2)cc1. The Labute approximate surface area is 140 Å². The van der Waals surface area contributed by atoms with E-state index >= 15 is 0 Å². The van der Waals surface area contributed by atoms with Gasteiger partial charge in [-0.15, -0.1) is 0 Å². The van der Waals surface area contributed by atoms with E-state index in [1.54, 1.807) is 31.2 Å². The third kappa shape index (κ3) is 4.01. The summed E-state index contributed by atoms with van der Waals surface area (Å²) in [4.78, 5) is 35.4. The van der Waals surface area contributed by atoms with Crippen molar-refractivity contribution in [1.82, 2.24) is 0 Å². The fourth-order valence-electron chi connectivity index (χ4n) is 2.72. The Morgan fingerprint density at radius 3 is 2.46 bits per heavy atom. The summed E-state index contributed by atoms with van der Waals surface area (Å²) in [7, 11) is 1.28. The zero-order valence-corrected chi connectivity index (χ0v) is 14.0. The molecule has 0 heterocycles. The molecule has 0 fully saturated rings. The molecule has 6 heteroatoms. The van der Waals surface area contributed by atoms with Crippen molar-refractivity contribution in [2.45, 2.75) is 20.3 Å². The van der Waals surface area contributed by atoms with Gasteiger partial charge in [0.05, 0.1) is 19.3 Å². The molecule has 0 aliphatic heterocycles. The predicted molar refractivity (Wildman–Crippen MR) is 88.4 cm³/mol. The Morgan fingerprint density at radius 2 is 1.92 bits per heavy atom. The van der Waals surface area contributed by atoms with Crippen molar-refractivity contribution in [3.8, 4) is 0 Å². The second-order valence-electron chi connectivity index (χ2n) is 5.68. The van der Waals surface area contributed by atoms with Crippen molar-refractivity contribution < 1.29 is 23.9 Å². The summed E-state index contributed by atoms with van der Waals surface area (Å²) < 4.78 is 9.62. The van der Waals surface area contributed by atoms with Crippen molar-refractivity contribution in [2.75, 3.05) is 19.0 Å². The maximum atomic E-state index is 12.1. The van der Waals surface area contributed by atoms with Crippen LogP contribution in [0.1, 0.15) is 30.6 Å². The van der Waals surface area contributed by atoms with E-state index in [2.05, 4.69) is 10.1 Å². The molecule has 128 valence electrons. The third-order valence-electron chi connectivity index (χ3n) is 3.89. The summed E-state index contributed by atoms with van der Waals surface area (Å²) in [6, 6.07) is 6.81. The number of hydrogen-bond acceptors (Lipinski definition) is 6. The molecule has 1 N–H and O–H groups in total. The maximum Gasteiger partial charge on any atom is 0.338 e. The first-order valence-electron chi connectivity index (χ1n) is 7.82. The number of methoxy groups -OCH3 is 1.